The maximum absolute atomic E-state index is 12.4. The van der Waals surface area contributed by atoms with Crippen molar-refractivity contribution in [2.45, 2.75) is 27.0 Å². The van der Waals surface area contributed by atoms with Gasteiger partial charge in [0, 0.05) is 23.0 Å². The average molecular weight is 298 g/mol. The zero-order valence-electron chi connectivity index (χ0n) is 12.7. The van der Waals surface area contributed by atoms with Crippen LogP contribution in [0.15, 0.2) is 30.5 Å². The van der Waals surface area contributed by atoms with Crippen LogP contribution in [0.1, 0.15) is 22.4 Å². The molecule has 0 bridgehead atoms. The Morgan fingerprint density at radius 3 is 2.68 bits per heavy atom. The van der Waals surface area contributed by atoms with Crippen LogP contribution in [0.2, 0.25) is 0 Å². The Hall–Kier alpha value is -2.40. The summed E-state index contributed by atoms with van der Waals surface area (Å²) in [4.78, 5) is 18.3. The van der Waals surface area contributed by atoms with Crippen molar-refractivity contribution in [2.75, 3.05) is 11.5 Å². The van der Waals surface area contributed by atoms with Crippen molar-refractivity contribution in [3.63, 3.8) is 0 Å². The predicted octanol–water partition coefficient (Wildman–Crippen LogP) is 2.12. The molecule has 22 heavy (non-hydrogen) atoms. The minimum absolute atomic E-state index is 0.0295. The van der Waals surface area contributed by atoms with E-state index < -0.39 is 0 Å². The van der Waals surface area contributed by atoms with E-state index in [-0.39, 0.29) is 19.1 Å². The number of aryl methyl sites for hydroxylation is 2. The molecular weight excluding hydrogens is 280 g/mol. The van der Waals surface area contributed by atoms with Crippen LogP contribution in [0.3, 0.4) is 0 Å². The van der Waals surface area contributed by atoms with Gasteiger partial charge in [-0.1, -0.05) is 17.7 Å². The number of carbonyl (C=O) groups excluding carboxylic acids is 1. The second-order valence-electron chi connectivity index (χ2n) is 5.44. The Morgan fingerprint density at radius 2 is 2.00 bits per heavy atom. The van der Waals surface area contributed by atoms with Gasteiger partial charge in [0.2, 0.25) is 0 Å². The van der Waals surface area contributed by atoms with E-state index in [0.717, 1.165) is 22.5 Å². The van der Waals surface area contributed by atoms with E-state index in [9.17, 15) is 9.90 Å². The van der Waals surface area contributed by atoms with Gasteiger partial charge in [-0.2, -0.15) is 0 Å². The molecule has 5 heteroatoms. The molecule has 1 N–H and O–H groups in total. The van der Waals surface area contributed by atoms with E-state index in [4.69, 9.17) is 4.74 Å². The normalized spacial score (nSPS) is 14.3. The fourth-order valence-corrected chi connectivity index (χ4v) is 2.59. The van der Waals surface area contributed by atoms with E-state index in [2.05, 4.69) is 4.98 Å². The molecule has 0 aliphatic carbocycles. The molecule has 114 valence electrons. The van der Waals surface area contributed by atoms with E-state index in [1.54, 1.807) is 11.1 Å². The number of aliphatic hydroxyl groups excluding tert-OH is 1. The van der Waals surface area contributed by atoms with E-state index in [0.29, 0.717) is 17.9 Å². The van der Waals surface area contributed by atoms with Crippen molar-refractivity contribution >= 4 is 11.6 Å². The Bertz CT molecular complexity index is 711. The first kappa shape index (κ1) is 14.5. The van der Waals surface area contributed by atoms with Crippen molar-refractivity contribution in [1.29, 1.82) is 0 Å². The third-order valence-corrected chi connectivity index (χ3v) is 3.88. The van der Waals surface area contributed by atoms with Crippen LogP contribution >= 0.6 is 0 Å². The molecule has 0 unspecified atom stereocenters. The third-order valence-electron chi connectivity index (χ3n) is 3.88. The number of hydrogen-bond donors (Lipinski definition) is 1. The van der Waals surface area contributed by atoms with Crippen molar-refractivity contribution in [3.05, 3.63) is 52.8 Å². The summed E-state index contributed by atoms with van der Waals surface area (Å²) < 4.78 is 5.64. The summed E-state index contributed by atoms with van der Waals surface area (Å²) in [6, 6.07) is 7.79. The lowest BCUT2D eigenvalue weighted by Crippen LogP contribution is -2.32. The molecular formula is C17H18N2O3. The van der Waals surface area contributed by atoms with Gasteiger partial charge in [0.05, 0.1) is 18.8 Å². The molecule has 0 saturated carbocycles. The largest absolute Gasteiger partial charge is 0.481 e. The van der Waals surface area contributed by atoms with Gasteiger partial charge in [0.15, 0.2) is 6.61 Å². The first-order valence-electron chi connectivity index (χ1n) is 7.18. The molecule has 1 aliphatic rings. The first-order valence-corrected chi connectivity index (χ1v) is 7.18. The van der Waals surface area contributed by atoms with Crippen molar-refractivity contribution in [3.8, 4) is 5.75 Å². The van der Waals surface area contributed by atoms with Crippen LogP contribution in [0.25, 0.3) is 0 Å². The molecule has 0 saturated heterocycles. The van der Waals surface area contributed by atoms with Crippen LogP contribution in [-0.2, 0) is 17.9 Å². The molecule has 2 aromatic rings. The molecule has 0 fully saturated rings. The van der Waals surface area contributed by atoms with Gasteiger partial charge in [-0.3, -0.25) is 9.78 Å². The lowest BCUT2D eigenvalue weighted by atomic mass is 10.1. The topological polar surface area (TPSA) is 62.7 Å². The Kier molecular flexibility index (Phi) is 3.81. The number of nitrogens with zero attached hydrogens (tertiary/aromatic N) is 2. The van der Waals surface area contributed by atoms with Crippen molar-refractivity contribution < 1.29 is 14.6 Å². The second kappa shape index (κ2) is 5.77. The van der Waals surface area contributed by atoms with Gasteiger partial charge in [0.25, 0.3) is 5.91 Å². The van der Waals surface area contributed by atoms with Gasteiger partial charge in [-0.15, -0.1) is 0 Å². The minimum atomic E-state index is -0.130. The lowest BCUT2D eigenvalue weighted by molar-refractivity contribution is -0.120. The van der Waals surface area contributed by atoms with Gasteiger partial charge in [0.1, 0.15) is 5.75 Å². The Morgan fingerprint density at radius 1 is 1.27 bits per heavy atom. The molecule has 0 radical (unpaired) electrons. The van der Waals surface area contributed by atoms with E-state index >= 15 is 0 Å². The first-order chi connectivity index (χ1) is 10.6. The summed E-state index contributed by atoms with van der Waals surface area (Å²) in [5, 5.41) is 9.54. The number of pyridine rings is 1. The SMILES string of the molecule is Cc1ccc(N2Cc3c(CO)cnc(C)c3OCC2=O)cc1. The summed E-state index contributed by atoms with van der Waals surface area (Å²) in [5.41, 5.74) is 4.20. The Balaban J connectivity index is 2.05. The highest BCUT2D eigenvalue weighted by Crippen LogP contribution is 2.31. The smallest absolute Gasteiger partial charge is 0.265 e. The van der Waals surface area contributed by atoms with Crippen LogP contribution in [-0.4, -0.2) is 22.6 Å². The zero-order valence-corrected chi connectivity index (χ0v) is 12.7. The zero-order chi connectivity index (χ0) is 15.7. The predicted molar refractivity (Wildman–Crippen MR) is 82.8 cm³/mol. The molecule has 5 nitrogen and oxygen atoms in total. The maximum Gasteiger partial charge on any atom is 0.265 e. The van der Waals surface area contributed by atoms with E-state index in [1.807, 2.05) is 38.1 Å². The molecule has 0 atom stereocenters. The minimum Gasteiger partial charge on any atom is -0.481 e. The number of anilines is 1. The maximum atomic E-state index is 12.4. The van der Waals surface area contributed by atoms with Crippen LogP contribution in [0.4, 0.5) is 5.69 Å². The Labute approximate surface area is 129 Å². The number of fused-ring (bicyclic) bond motifs is 1. The molecule has 0 spiro atoms. The van der Waals surface area contributed by atoms with Crippen molar-refractivity contribution in [1.82, 2.24) is 4.98 Å². The lowest BCUT2D eigenvalue weighted by Gasteiger charge is -2.21. The number of benzene rings is 1. The standard InChI is InChI=1S/C17H18N2O3/c1-11-3-5-14(6-4-11)19-8-15-13(9-20)7-18-12(2)17(15)22-10-16(19)21/h3-7,20H,8-10H2,1-2H3. The highest BCUT2D eigenvalue weighted by Gasteiger charge is 2.26. The van der Waals surface area contributed by atoms with Gasteiger partial charge in [-0.05, 0) is 26.0 Å². The fraction of sp³-hybridized carbons (Fsp3) is 0.294. The summed E-state index contributed by atoms with van der Waals surface area (Å²) in [6.45, 7) is 4.06. The molecule has 1 aromatic carbocycles. The highest BCUT2D eigenvalue weighted by atomic mass is 16.5. The third kappa shape index (κ3) is 2.55. The number of aliphatic hydroxyl groups is 1. The molecule has 1 aliphatic heterocycles. The fourth-order valence-electron chi connectivity index (χ4n) is 2.59. The van der Waals surface area contributed by atoms with Gasteiger partial charge >= 0.3 is 0 Å². The number of rotatable bonds is 2. The second-order valence-corrected chi connectivity index (χ2v) is 5.44. The van der Waals surface area contributed by atoms with Gasteiger partial charge < -0.3 is 14.7 Å². The van der Waals surface area contributed by atoms with Crippen LogP contribution < -0.4 is 9.64 Å². The van der Waals surface area contributed by atoms with Crippen molar-refractivity contribution in [2.24, 2.45) is 0 Å². The molecule has 1 amide bonds. The summed E-state index contributed by atoms with van der Waals surface area (Å²) in [5.74, 6) is 0.498. The number of hydrogen-bond acceptors (Lipinski definition) is 4. The monoisotopic (exact) mass is 298 g/mol. The van der Waals surface area contributed by atoms with Gasteiger partial charge in [-0.25, -0.2) is 0 Å². The highest BCUT2D eigenvalue weighted by molar-refractivity contribution is 5.95. The van der Waals surface area contributed by atoms with Crippen LogP contribution in [0.5, 0.6) is 5.75 Å². The van der Waals surface area contributed by atoms with Crippen LogP contribution in [0, 0.1) is 13.8 Å². The quantitative estimate of drug-likeness (QED) is 0.922. The number of carbonyl (C=O) groups is 1. The van der Waals surface area contributed by atoms with E-state index in [1.165, 1.54) is 0 Å². The summed E-state index contributed by atoms with van der Waals surface area (Å²) in [6.07, 6.45) is 1.64. The molecule has 1 aromatic heterocycles. The molecule has 3 rings (SSSR count). The number of amides is 1. The number of aromatic nitrogens is 1. The summed E-state index contributed by atoms with van der Waals surface area (Å²) in [7, 11) is 0. The number of ether oxygens (including phenoxy) is 1. The molecule has 2 heterocycles. The summed E-state index contributed by atoms with van der Waals surface area (Å²) >= 11 is 0. The average Bonchev–Trinajstić information content (AvgIpc) is 2.69.